The number of phenolic OH excluding ortho intramolecular Hbond substituents is 1. The standard InChI is InChI=1S/C13H20OS/c1-2-3-4-7-10-15-11-12-8-5-6-9-13(12)14/h5-6,8-9,14H,2-4,7,10-11H2,1H3. The van der Waals surface area contributed by atoms with Crippen molar-refractivity contribution in [3.63, 3.8) is 0 Å². The van der Waals surface area contributed by atoms with Crippen LogP contribution in [0.3, 0.4) is 0 Å². The molecule has 0 atom stereocenters. The Morgan fingerprint density at radius 2 is 1.93 bits per heavy atom. The van der Waals surface area contributed by atoms with Gasteiger partial charge in [-0.2, -0.15) is 11.8 Å². The molecule has 1 aromatic carbocycles. The molecule has 2 heteroatoms. The molecule has 1 N–H and O–H groups in total. The summed E-state index contributed by atoms with van der Waals surface area (Å²) in [7, 11) is 0. The van der Waals surface area contributed by atoms with Crippen LogP contribution in [0.15, 0.2) is 24.3 Å². The van der Waals surface area contributed by atoms with Crippen LogP contribution in [0.1, 0.15) is 38.2 Å². The molecule has 0 heterocycles. The highest BCUT2D eigenvalue weighted by atomic mass is 32.2. The lowest BCUT2D eigenvalue weighted by Crippen LogP contribution is -1.85. The second-order valence-corrected chi connectivity index (χ2v) is 4.85. The van der Waals surface area contributed by atoms with Crippen molar-refractivity contribution in [1.82, 2.24) is 0 Å². The molecule has 0 saturated carbocycles. The molecule has 0 unspecified atom stereocenters. The predicted octanol–water partition coefficient (Wildman–Crippen LogP) is 4.21. The van der Waals surface area contributed by atoms with Gasteiger partial charge in [-0.05, 0) is 18.2 Å². The zero-order valence-corrected chi connectivity index (χ0v) is 10.2. The van der Waals surface area contributed by atoms with E-state index in [2.05, 4.69) is 6.92 Å². The van der Waals surface area contributed by atoms with Gasteiger partial charge in [-0.15, -0.1) is 0 Å². The van der Waals surface area contributed by atoms with E-state index in [4.69, 9.17) is 0 Å². The summed E-state index contributed by atoms with van der Waals surface area (Å²) in [5.74, 6) is 2.56. The van der Waals surface area contributed by atoms with Crippen molar-refractivity contribution in [3.05, 3.63) is 29.8 Å². The van der Waals surface area contributed by atoms with Crippen LogP contribution in [0.2, 0.25) is 0 Å². The van der Waals surface area contributed by atoms with Gasteiger partial charge in [0.05, 0.1) is 0 Å². The van der Waals surface area contributed by atoms with Gasteiger partial charge >= 0.3 is 0 Å². The van der Waals surface area contributed by atoms with Crippen molar-refractivity contribution in [1.29, 1.82) is 0 Å². The Morgan fingerprint density at radius 3 is 2.67 bits per heavy atom. The Morgan fingerprint density at radius 1 is 1.13 bits per heavy atom. The third-order valence-electron chi connectivity index (χ3n) is 2.39. The van der Waals surface area contributed by atoms with E-state index >= 15 is 0 Å². The van der Waals surface area contributed by atoms with E-state index in [-0.39, 0.29) is 0 Å². The number of aromatic hydroxyl groups is 1. The first-order chi connectivity index (χ1) is 7.34. The molecule has 1 nitrogen and oxygen atoms in total. The van der Waals surface area contributed by atoms with Crippen LogP contribution < -0.4 is 0 Å². The molecule has 0 aliphatic carbocycles. The first kappa shape index (κ1) is 12.4. The number of hydrogen-bond donors (Lipinski definition) is 1. The fourth-order valence-corrected chi connectivity index (χ4v) is 2.46. The molecule has 0 aliphatic heterocycles. The fraction of sp³-hybridized carbons (Fsp3) is 0.538. The summed E-state index contributed by atoms with van der Waals surface area (Å²) < 4.78 is 0. The highest BCUT2D eigenvalue weighted by Crippen LogP contribution is 2.22. The van der Waals surface area contributed by atoms with Gasteiger partial charge < -0.3 is 5.11 Å². The molecular formula is C13H20OS. The van der Waals surface area contributed by atoms with Crippen LogP contribution in [0.5, 0.6) is 5.75 Å². The lowest BCUT2D eigenvalue weighted by atomic mass is 10.2. The normalized spacial score (nSPS) is 10.5. The Balaban J connectivity index is 2.12. The monoisotopic (exact) mass is 224 g/mol. The maximum absolute atomic E-state index is 9.54. The third kappa shape index (κ3) is 5.12. The molecule has 15 heavy (non-hydrogen) atoms. The van der Waals surface area contributed by atoms with Crippen molar-refractivity contribution in [2.75, 3.05) is 5.75 Å². The molecule has 0 saturated heterocycles. The Kier molecular flexibility index (Phi) is 6.33. The molecular weight excluding hydrogens is 204 g/mol. The predicted molar refractivity (Wildman–Crippen MR) is 68.4 cm³/mol. The van der Waals surface area contributed by atoms with Crippen molar-refractivity contribution < 1.29 is 5.11 Å². The zero-order chi connectivity index (χ0) is 10.9. The van der Waals surface area contributed by atoms with Gasteiger partial charge in [0.1, 0.15) is 5.75 Å². The second kappa shape index (κ2) is 7.63. The smallest absolute Gasteiger partial charge is 0.119 e. The van der Waals surface area contributed by atoms with Crippen LogP contribution in [-0.2, 0) is 5.75 Å². The SMILES string of the molecule is CCCCCCSCc1ccccc1O. The molecule has 0 radical (unpaired) electrons. The van der Waals surface area contributed by atoms with Gasteiger partial charge in [0.25, 0.3) is 0 Å². The van der Waals surface area contributed by atoms with Crippen molar-refractivity contribution >= 4 is 11.8 Å². The molecule has 0 amide bonds. The third-order valence-corrected chi connectivity index (χ3v) is 3.48. The molecule has 0 aromatic heterocycles. The zero-order valence-electron chi connectivity index (χ0n) is 9.41. The van der Waals surface area contributed by atoms with Gasteiger partial charge in [-0.1, -0.05) is 44.4 Å². The summed E-state index contributed by atoms with van der Waals surface area (Å²) in [5, 5.41) is 9.54. The summed E-state index contributed by atoms with van der Waals surface area (Å²) in [6.45, 7) is 2.23. The Bertz CT molecular complexity index is 273. The van der Waals surface area contributed by atoms with Crippen LogP contribution in [-0.4, -0.2) is 10.9 Å². The lowest BCUT2D eigenvalue weighted by molar-refractivity contribution is 0.470. The minimum Gasteiger partial charge on any atom is -0.508 e. The van der Waals surface area contributed by atoms with E-state index in [1.807, 2.05) is 30.0 Å². The van der Waals surface area contributed by atoms with Gasteiger partial charge in [0.15, 0.2) is 0 Å². The molecule has 84 valence electrons. The molecule has 0 aliphatic rings. The minimum atomic E-state index is 0.429. The number of phenols is 1. The number of thioether (sulfide) groups is 1. The Labute approximate surface area is 96.9 Å². The van der Waals surface area contributed by atoms with Crippen molar-refractivity contribution in [2.24, 2.45) is 0 Å². The molecule has 0 fully saturated rings. The summed E-state index contributed by atoms with van der Waals surface area (Å²) in [4.78, 5) is 0. The van der Waals surface area contributed by atoms with Gasteiger partial charge in [-0.25, -0.2) is 0 Å². The van der Waals surface area contributed by atoms with Crippen molar-refractivity contribution in [2.45, 2.75) is 38.4 Å². The average molecular weight is 224 g/mol. The summed E-state index contributed by atoms with van der Waals surface area (Å²) in [6, 6.07) is 7.60. The van der Waals surface area contributed by atoms with E-state index in [0.717, 1.165) is 11.3 Å². The van der Waals surface area contributed by atoms with Gasteiger partial charge in [0.2, 0.25) is 0 Å². The first-order valence-corrected chi connectivity index (χ1v) is 6.84. The van der Waals surface area contributed by atoms with Crippen LogP contribution in [0.4, 0.5) is 0 Å². The Hall–Kier alpha value is -0.630. The molecule has 0 bridgehead atoms. The quantitative estimate of drug-likeness (QED) is 0.700. The number of para-hydroxylation sites is 1. The molecule has 0 spiro atoms. The molecule has 1 aromatic rings. The average Bonchev–Trinajstić information content (AvgIpc) is 2.25. The number of hydrogen-bond acceptors (Lipinski definition) is 2. The summed E-state index contributed by atoms with van der Waals surface area (Å²) >= 11 is 1.91. The second-order valence-electron chi connectivity index (χ2n) is 3.74. The van der Waals surface area contributed by atoms with E-state index in [1.54, 1.807) is 6.07 Å². The highest BCUT2D eigenvalue weighted by Gasteiger charge is 1.98. The molecule has 1 rings (SSSR count). The number of benzene rings is 1. The van der Waals surface area contributed by atoms with Gasteiger partial charge in [0, 0.05) is 11.3 Å². The summed E-state index contributed by atoms with van der Waals surface area (Å²) in [5.41, 5.74) is 1.05. The largest absolute Gasteiger partial charge is 0.508 e. The van der Waals surface area contributed by atoms with E-state index in [0.29, 0.717) is 5.75 Å². The highest BCUT2D eigenvalue weighted by molar-refractivity contribution is 7.98. The fourth-order valence-electron chi connectivity index (χ4n) is 1.45. The van der Waals surface area contributed by atoms with Crippen LogP contribution >= 0.6 is 11.8 Å². The lowest BCUT2D eigenvalue weighted by Gasteiger charge is -2.03. The maximum Gasteiger partial charge on any atom is 0.119 e. The number of rotatable bonds is 7. The van der Waals surface area contributed by atoms with Crippen molar-refractivity contribution in [3.8, 4) is 5.75 Å². The van der Waals surface area contributed by atoms with E-state index in [1.165, 1.54) is 31.4 Å². The van der Waals surface area contributed by atoms with E-state index in [9.17, 15) is 5.11 Å². The van der Waals surface area contributed by atoms with E-state index < -0.39 is 0 Å². The topological polar surface area (TPSA) is 20.2 Å². The number of unbranched alkanes of at least 4 members (excludes halogenated alkanes) is 3. The van der Waals surface area contributed by atoms with Crippen LogP contribution in [0.25, 0.3) is 0 Å². The van der Waals surface area contributed by atoms with Crippen LogP contribution in [0, 0.1) is 0 Å². The summed E-state index contributed by atoms with van der Waals surface area (Å²) in [6.07, 6.45) is 5.28. The first-order valence-electron chi connectivity index (χ1n) is 5.69. The maximum atomic E-state index is 9.54. The minimum absolute atomic E-state index is 0.429. The van der Waals surface area contributed by atoms with Gasteiger partial charge in [-0.3, -0.25) is 0 Å².